The monoisotopic (exact) mass is 477 g/mol. The molecular formula is C21H23N3O4S3. The summed E-state index contributed by atoms with van der Waals surface area (Å²) >= 11 is 3.16. The van der Waals surface area contributed by atoms with Gasteiger partial charge in [-0.3, -0.25) is 4.79 Å². The first-order valence-corrected chi connectivity index (χ1v) is 13.3. The molecule has 7 nitrogen and oxygen atoms in total. The predicted molar refractivity (Wildman–Crippen MR) is 125 cm³/mol. The minimum absolute atomic E-state index is 0.0623. The van der Waals surface area contributed by atoms with Crippen LogP contribution in [-0.2, 0) is 14.8 Å². The number of likely N-dealkylation sites (N-methyl/N-ethyl adjacent to an activating group) is 1. The van der Waals surface area contributed by atoms with Gasteiger partial charge in [0.2, 0.25) is 10.0 Å². The molecule has 2 aromatic carbocycles. The van der Waals surface area contributed by atoms with Gasteiger partial charge < -0.3 is 10.1 Å². The van der Waals surface area contributed by atoms with Crippen LogP contribution in [0.15, 0.2) is 51.7 Å². The molecule has 3 aromatic rings. The third-order valence-corrected chi connectivity index (χ3v) is 8.95. The summed E-state index contributed by atoms with van der Waals surface area (Å²) in [5, 5.41) is 2.86. The summed E-state index contributed by atoms with van der Waals surface area (Å²) in [5.74, 6) is -0.300. The summed E-state index contributed by atoms with van der Waals surface area (Å²) in [5.41, 5.74) is 1.95. The number of anilines is 1. The van der Waals surface area contributed by atoms with Gasteiger partial charge in [0.1, 0.15) is 0 Å². The van der Waals surface area contributed by atoms with Gasteiger partial charge in [-0.05, 0) is 61.6 Å². The lowest BCUT2D eigenvalue weighted by Gasteiger charge is -2.20. The molecule has 164 valence electrons. The molecular weight excluding hydrogens is 454 g/mol. The largest absolute Gasteiger partial charge is 0.377 e. The molecule has 1 aromatic heterocycles. The Labute approximate surface area is 189 Å². The molecule has 31 heavy (non-hydrogen) atoms. The van der Waals surface area contributed by atoms with Crippen LogP contribution in [0.4, 0.5) is 5.69 Å². The van der Waals surface area contributed by atoms with Gasteiger partial charge in [0.25, 0.3) is 5.91 Å². The second-order valence-corrected chi connectivity index (χ2v) is 11.4. The molecule has 1 amide bonds. The number of ether oxygens (including phenoxy) is 1. The minimum Gasteiger partial charge on any atom is -0.377 e. The Bertz CT molecular complexity index is 1190. The number of carbonyl (C=O) groups is 1. The van der Waals surface area contributed by atoms with Gasteiger partial charge in [0.05, 0.1) is 21.2 Å². The summed E-state index contributed by atoms with van der Waals surface area (Å²) in [6, 6.07) is 11.6. The van der Waals surface area contributed by atoms with Crippen LogP contribution in [0.1, 0.15) is 23.2 Å². The number of thiazole rings is 1. The van der Waals surface area contributed by atoms with E-state index in [-0.39, 0.29) is 16.9 Å². The van der Waals surface area contributed by atoms with Gasteiger partial charge in [-0.15, -0.1) is 11.3 Å². The van der Waals surface area contributed by atoms with E-state index in [2.05, 4.69) is 10.3 Å². The Balaban J connectivity index is 1.45. The van der Waals surface area contributed by atoms with E-state index in [1.807, 2.05) is 24.5 Å². The SMILES string of the molecule is CSc1nc2ccc(NC(=O)c3ccc(S(=O)(=O)N(C)C[C@H]4CCCO4)cc3)cc2s1. The molecule has 1 fully saturated rings. The predicted octanol–water partition coefficient (Wildman–Crippen LogP) is 4.07. The van der Waals surface area contributed by atoms with Crippen molar-refractivity contribution in [2.45, 2.75) is 28.2 Å². The second kappa shape index (κ2) is 9.25. The summed E-state index contributed by atoms with van der Waals surface area (Å²) in [7, 11) is -2.09. The van der Waals surface area contributed by atoms with Gasteiger partial charge in [0.15, 0.2) is 4.34 Å². The van der Waals surface area contributed by atoms with E-state index in [1.54, 1.807) is 30.1 Å². The number of hydrogen-bond acceptors (Lipinski definition) is 7. The first-order chi connectivity index (χ1) is 14.9. The lowest BCUT2D eigenvalue weighted by molar-refractivity contribution is 0.0979. The summed E-state index contributed by atoms with van der Waals surface area (Å²) in [6.45, 7) is 1.000. The number of fused-ring (bicyclic) bond motifs is 1. The number of nitrogens with zero attached hydrogens (tertiary/aromatic N) is 2. The average molecular weight is 478 g/mol. The fourth-order valence-corrected chi connectivity index (χ4v) is 6.13. The topological polar surface area (TPSA) is 88.6 Å². The second-order valence-electron chi connectivity index (χ2n) is 7.27. The van der Waals surface area contributed by atoms with Crippen LogP contribution in [0.3, 0.4) is 0 Å². The molecule has 0 radical (unpaired) electrons. The maximum Gasteiger partial charge on any atom is 0.255 e. The number of thioether (sulfide) groups is 1. The number of amides is 1. The molecule has 10 heteroatoms. The molecule has 1 saturated heterocycles. The molecule has 0 saturated carbocycles. The third kappa shape index (κ3) is 4.93. The highest BCUT2D eigenvalue weighted by atomic mass is 32.2. The molecule has 0 aliphatic carbocycles. The van der Waals surface area contributed by atoms with E-state index >= 15 is 0 Å². The van der Waals surface area contributed by atoms with Crippen molar-refractivity contribution in [1.82, 2.24) is 9.29 Å². The van der Waals surface area contributed by atoms with Gasteiger partial charge in [-0.1, -0.05) is 11.8 Å². The normalized spacial score (nSPS) is 16.8. The number of sulfonamides is 1. The summed E-state index contributed by atoms with van der Waals surface area (Å²) in [6.07, 6.45) is 3.74. The van der Waals surface area contributed by atoms with Crippen LogP contribution in [0, 0.1) is 0 Å². The van der Waals surface area contributed by atoms with E-state index in [0.717, 1.165) is 27.4 Å². The Kier molecular flexibility index (Phi) is 6.63. The van der Waals surface area contributed by atoms with Crippen molar-refractivity contribution in [3.05, 3.63) is 48.0 Å². The zero-order valence-electron chi connectivity index (χ0n) is 17.2. The van der Waals surface area contributed by atoms with Crippen LogP contribution in [0.25, 0.3) is 10.2 Å². The zero-order valence-corrected chi connectivity index (χ0v) is 19.6. The third-order valence-electron chi connectivity index (χ3n) is 5.11. The number of aromatic nitrogens is 1. The van der Waals surface area contributed by atoms with E-state index in [9.17, 15) is 13.2 Å². The van der Waals surface area contributed by atoms with Crippen LogP contribution < -0.4 is 5.32 Å². The first-order valence-electron chi connectivity index (χ1n) is 9.81. The Hall–Kier alpha value is -1.98. The number of nitrogens with one attached hydrogen (secondary N) is 1. The van der Waals surface area contributed by atoms with Gasteiger partial charge >= 0.3 is 0 Å². The Morgan fingerprint density at radius 3 is 2.74 bits per heavy atom. The van der Waals surface area contributed by atoms with Gasteiger partial charge in [0, 0.05) is 31.5 Å². The highest BCUT2D eigenvalue weighted by Gasteiger charge is 2.26. The number of rotatable bonds is 7. The molecule has 0 spiro atoms. The number of carbonyl (C=O) groups excluding carboxylic acids is 1. The maximum absolute atomic E-state index is 12.8. The number of hydrogen-bond donors (Lipinski definition) is 1. The fourth-order valence-electron chi connectivity index (χ4n) is 3.40. The first kappa shape index (κ1) is 22.2. The van der Waals surface area contributed by atoms with Crippen molar-refractivity contribution < 1.29 is 17.9 Å². The highest BCUT2D eigenvalue weighted by Crippen LogP contribution is 2.30. The maximum atomic E-state index is 12.8. The summed E-state index contributed by atoms with van der Waals surface area (Å²) < 4.78 is 34.4. The van der Waals surface area contributed by atoms with Gasteiger partial charge in [-0.2, -0.15) is 4.31 Å². The average Bonchev–Trinajstić information content (AvgIpc) is 3.42. The van der Waals surface area contributed by atoms with Crippen molar-refractivity contribution in [1.29, 1.82) is 0 Å². The molecule has 1 N–H and O–H groups in total. The molecule has 0 bridgehead atoms. The van der Waals surface area contributed by atoms with Crippen molar-refractivity contribution in [2.24, 2.45) is 0 Å². The molecule has 1 aliphatic rings. The standard InChI is InChI=1S/C21H23N3O4S3/c1-24(13-16-4-3-11-28-16)31(26,27)17-8-5-14(6-9-17)20(25)22-15-7-10-18-19(12-15)30-21(23-18)29-2/h5-10,12,16H,3-4,11,13H2,1-2H3,(H,22,25)/t16-/m1/s1. The number of benzene rings is 2. The fraction of sp³-hybridized carbons (Fsp3) is 0.333. The Morgan fingerprint density at radius 1 is 1.29 bits per heavy atom. The molecule has 0 unspecified atom stereocenters. The van der Waals surface area contributed by atoms with Crippen molar-refractivity contribution >= 4 is 54.9 Å². The van der Waals surface area contributed by atoms with E-state index in [1.165, 1.54) is 28.6 Å². The Morgan fingerprint density at radius 2 is 2.06 bits per heavy atom. The van der Waals surface area contributed by atoms with Crippen molar-refractivity contribution in [2.75, 3.05) is 31.8 Å². The van der Waals surface area contributed by atoms with Crippen LogP contribution in [0.2, 0.25) is 0 Å². The van der Waals surface area contributed by atoms with Gasteiger partial charge in [-0.25, -0.2) is 13.4 Å². The van der Waals surface area contributed by atoms with E-state index < -0.39 is 10.0 Å². The summed E-state index contributed by atoms with van der Waals surface area (Å²) in [4.78, 5) is 17.3. The molecule has 1 aliphatic heterocycles. The van der Waals surface area contributed by atoms with E-state index in [4.69, 9.17) is 4.74 Å². The molecule has 4 rings (SSSR count). The lowest BCUT2D eigenvalue weighted by atomic mass is 10.2. The zero-order chi connectivity index (χ0) is 22.0. The van der Waals surface area contributed by atoms with Crippen molar-refractivity contribution in [3.8, 4) is 0 Å². The van der Waals surface area contributed by atoms with Crippen LogP contribution in [-0.4, -0.2) is 56.2 Å². The van der Waals surface area contributed by atoms with E-state index in [0.29, 0.717) is 24.4 Å². The van der Waals surface area contributed by atoms with Crippen LogP contribution >= 0.6 is 23.1 Å². The van der Waals surface area contributed by atoms with Crippen molar-refractivity contribution in [3.63, 3.8) is 0 Å². The van der Waals surface area contributed by atoms with Crippen LogP contribution in [0.5, 0.6) is 0 Å². The lowest BCUT2D eigenvalue weighted by Crippen LogP contribution is -2.34. The highest BCUT2D eigenvalue weighted by molar-refractivity contribution is 8.00. The molecule has 1 atom stereocenters. The molecule has 2 heterocycles. The minimum atomic E-state index is -3.64. The quantitative estimate of drug-likeness (QED) is 0.516. The smallest absolute Gasteiger partial charge is 0.255 e.